The average Bonchev–Trinajstić information content (AvgIpc) is 2.79. The average molecular weight is 495 g/mol. The molecule has 1 atom stereocenters. The zero-order valence-corrected chi connectivity index (χ0v) is 18.2. The van der Waals surface area contributed by atoms with Gasteiger partial charge in [-0.1, -0.05) is 48.5 Å². The number of carboxylic acids is 1. The van der Waals surface area contributed by atoms with Gasteiger partial charge in [0, 0.05) is 18.7 Å². The molecule has 3 aromatic carbocycles. The van der Waals surface area contributed by atoms with Crippen LogP contribution in [0.2, 0.25) is 0 Å². The van der Waals surface area contributed by atoms with Crippen molar-refractivity contribution in [3.05, 3.63) is 95.1 Å². The van der Waals surface area contributed by atoms with Crippen molar-refractivity contribution in [3.63, 3.8) is 0 Å². The smallest absolute Gasteiger partial charge is 0.416 e. The molecule has 0 fully saturated rings. The number of carbonyl (C=O) groups excluding carboxylic acids is 1. The lowest BCUT2D eigenvalue weighted by Gasteiger charge is -2.27. The highest BCUT2D eigenvalue weighted by molar-refractivity contribution is 5.95. The third-order valence-corrected chi connectivity index (χ3v) is 5.37. The summed E-state index contributed by atoms with van der Waals surface area (Å²) in [6.07, 6.45) is -8.22. The first-order valence-corrected chi connectivity index (χ1v) is 10.2. The molecule has 0 radical (unpaired) electrons. The van der Waals surface area contributed by atoms with Crippen molar-refractivity contribution in [1.82, 2.24) is 4.90 Å². The molecule has 10 heteroatoms. The highest BCUT2D eigenvalue weighted by Crippen LogP contribution is 2.36. The van der Waals surface area contributed by atoms with Gasteiger partial charge < -0.3 is 10.0 Å². The number of carboxylic acid groups (broad SMARTS) is 1. The van der Waals surface area contributed by atoms with Crippen molar-refractivity contribution in [2.24, 2.45) is 0 Å². The zero-order valence-electron chi connectivity index (χ0n) is 18.2. The van der Waals surface area contributed by atoms with E-state index in [9.17, 15) is 35.9 Å². The molecule has 1 N–H and O–H groups in total. The maximum absolute atomic E-state index is 13.2. The highest BCUT2D eigenvalue weighted by atomic mass is 19.4. The molecule has 0 aliphatic carbocycles. The second kappa shape index (κ2) is 9.81. The number of nitrogens with zero attached hydrogens (tertiary/aromatic N) is 1. The number of carbonyl (C=O) groups is 2. The van der Waals surface area contributed by atoms with Crippen LogP contribution < -0.4 is 0 Å². The van der Waals surface area contributed by atoms with Crippen LogP contribution in [-0.2, 0) is 23.6 Å². The second-order valence-corrected chi connectivity index (χ2v) is 7.86. The van der Waals surface area contributed by atoms with Gasteiger partial charge in [-0.3, -0.25) is 4.79 Å². The molecule has 0 heterocycles. The van der Waals surface area contributed by atoms with Gasteiger partial charge in [0.1, 0.15) is 0 Å². The molecule has 0 bridgehead atoms. The molecule has 0 aliphatic heterocycles. The summed E-state index contributed by atoms with van der Waals surface area (Å²) in [5.41, 5.74) is -3.36. The molecule has 184 valence electrons. The number of likely N-dealkylation sites (N-methyl/N-ethyl adjacent to an activating group) is 1. The van der Waals surface area contributed by atoms with Crippen LogP contribution in [0.5, 0.6) is 0 Å². The molecule has 4 nitrogen and oxygen atoms in total. The van der Waals surface area contributed by atoms with Gasteiger partial charge in [0.15, 0.2) is 0 Å². The SMILES string of the molecule is CN(C(=O)c1cc(C(F)(F)F)cc(C(F)(F)F)c1)C(C=CC(=O)O)Cc1ccc2ccccc2c1. The Balaban J connectivity index is 1.99. The minimum absolute atomic E-state index is 0.0618. The number of rotatable bonds is 6. The number of alkyl halides is 6. The molecule has 0 saturated heterocycles. The minimum Gasteiger partial charge on any atom is -0.478 e. The number of hydrogen-bond acceptors (Lipinski definition) is 2. The summed E-state index contributed by atoms with van der Waals surface area (Å²) in [6.45, 7) is 0. The number of hydrogen-bond donors (Lipinski definition) is 1. The molecule has 1 unspecified atom stereocenters. The van der Waals surface area contributed by atoms with E-state index in [0.717, 1.165) is 27.8 Å². The summed E-state index contributed by atoms with van der Waals surface area (Å²) in [6, 6.07) is 12.4. The van der Waals surface area contributed by atoms with Crippen molar-refractivity contribution in [1.29, 1.82) is 0 Å². The first-order chi connectivity index (χ1) is 16.3. The second-order valence-electron chi connectivity index (χ2n) is 7.86. The Morgan fingerprint density at radius 3 is 2.00 bits per heavy atom. The fourth-order valence-electron chi connectivity index (χ4n) is 3.57. The Bertz CT molecular complexity index is 1250. The Hall–Kier alpha value is -3.82. The molecular formula is C25H19F6NO3. The molecule has 0 aromatic heterocycles. The third-order valence-electron chi connectivity index (χ3n) is 5.37. The molecule has 35 heavy (non-hydrogen) atoms. The lowest BCUT2D eigenvalue weighted by atomic mass is 9.99. The summed E-state index contributed by atoms with van der Waals surface area (Å²) >= 11 is 0. The van der Waals surface area contributed by atoms with E-state index in [4.69, 9.17) is 5.11 Å². The van der Waals surface area contributed by atoms with E-state index in [0.29, 0.717) is 17.7 Å². The van der Waals surface area contributed by atoms with Gasteiger partial charge >= 0.3 is 18.3 Å². The summed E-state index contributed by atoms with van der Waals surface area (Å²) in [7, 11) is 1.19. The fourth-order valence-corrected chi connectivity index (χ4v) is 3.57. The van der Waals surface area contributed by atoms with Gasteiger partial charge in [0.05, 0.1) is 17.2 Å². The van der Waals surface area contributed by atoms with Crippen LogP contribution in [0.25, 0.3) is 10.8 Å². The van der Waals surface area contributed by atoms with Gasteiger partial charge in [-0.05, 0) is 41.0 Å². The lowest BCUT2D eigenvalue weighted by molar-refractivity contribution is -0.143. The summed E-state index contributed by atoms with van der Waals surface area (Å²) in [5, 5.41) is 10.8. The van der Waals surface area contributed by atoms with Crippen molar-refractivity contribution in [2.75, 3.05) is 7.05 Å². The van der Waals surface area contributed by atoms with E-state index in [-0.39, 0.29) is 12.5 Å². The maximum atomic E-state index is 13.2. The predicted octanol–water partition coefficient (Wildman–Crippen LogP) is 6.20. The largest absolute Gasteiger partial charge is 0.478 e. The summed E-state index contributed by atoms with van der Waals surface area (Å²) in [5.74, 6) is -2.45. The van der Waals surface area contributed by atoms with Crippen LogP contribution in [-0.4, -0.2) is 35.0 Å². The van der Waals surface area contributed by atoms with Gasteiger partial charge in [-0.25, -0.2) is 4.79 Å². The number of benzene rings is 3. The molecule has 0 spiro atoms. The normalized spacial score (nSPS) is 13.2. The fraction of sp³-hybridized carbons (Fsp3) is 0.200. The standard InChI is InChI=1S/C25H19F6NO3/c1-32(23(35)18-12-19(24(26,27)28)14-20(13-18)25(29,30)31)21(8-9-22(33)34)11-15-6-7-16-4-2-3-5-17(16)10-15/h2-10,12-14,21H,11H2,1H3,(H,33,34). The first kappa shape index (κ1) is 25.8. The van der Waals surface area contributed by atoms with Crippen LogP contribution in [0.15, 0.2) is 72.8 Å². The van der Waals surface area contributed by atoms with Gasteiger partial charge in [-0.15, -0.1) is 0 Å². The van der Waals surface area contributed by atoms with Gasteiger partial charge in [0.25, 0.3) is 5.91 Å². The third kappa shape index (κ3) is 6.40. The Kier molecular flexibility index (Phi) is 7.23. The Labute approximate surface area is 196 Å². The lowest BCUT2D eigenvalue weighted by Crippen LogP contribution is -2.37. The van der Waals surface area contributed by atoms with E-state index in [2.05, 4.69) is 0 Å². The van der Waals surface area contributed by atoms with Crippen molar-refractivity contribution >= 4 is 22.6 Å². The highest BCUT2D eigenvalue weighted by Gasteiger charge is 2.38. The van der Waals surface area contributed by atoms with Crippen LogP contribution in [0, 0.1) is 0 Å². The summed E-state index contributed by atoms with van der Waals surface area (Å²) in [4.78, 5) is 25.0. The van der Waals surface area contributed by atoms with Crippen molar-refractivity contribution < 1.29 is 41.0 Å². The van der Waals surface area contributed by atoms with Crippen LogP contribution in [0.3, 0.4) is 0 Å². The number of halogens is 6. The Morgan fingerprint density at radius 2 is 1.46 bits per heavy atom. The van der Waals surface area contributed by atoms with Crippen LogP contribution in [0.4, 0.5) is 26.3 Å². The molecule has 0 aliphatic rings. The molecule has 3 rings (SSSR count). The summed E-state index contributed by atoms with van der Waals surface area (Å²) < 4.78 is 79.3. The van der Waals surface area contributed by atoms with E-state index in [1.165, 1.54) is 7.05 Å². The van der Waals surface area contributed by atoms with E-state index >= 15 is 0 Å². The molecule has 3 aromatic rings. The zero-order chi connectivity index (χ0) is 26.0. The topological polar surface area (TPSA) is 57.6 Å². The van der Waals surface area contributed by atoms with Gasteiger partial charge in [0.2, 0.25) is 0 Å². The molecule has 1 amide bonds. The van der Waals surface area contributed by atoms with E-state index < -0.39 is 47.0 Å². The molecular weight excluding hydrogens is 476 g/mol. The first-order valence-electron chi connectivity index (χ1n) is 10.2. The minimum atomic E-state index is -5.11. The number of aliphatic carboxylic acids is 1. The van der Waals surface area contributed by atoms with E-state index in [1.807, 2.05) is 30.3 Å². The quantitative estimate of drug-likeness (QED) is 0.327. The van der Waals surface area contributed by atoms with Crippen LogP contribution >= 0.6 is 0 Å². The molecule has 0 saturated carbocycles. The maximum Gasteiger partial charge on any atom is 0.416 e. The Morgan fingerprint density at radius 1 is 0.886 bits per heavy atom. The van der Waals surface area contributed by atoms with E-state index in [1.54, 1.807) is 12.1 Å². The number of amides is 1. The number of fused-ring (bicyclic) bond motifs is 1. The predicted molar refractivity (Wildman–Crippen MR) is 117 cm³/mol. The van der Waals surface area contributed by atoms with Crippen molar-refractivity contribution in [2.45, 2.75) is 24.8 Å². The van der Waals surface area contributed by atoms with Crippen LogP contribution in [0.1, 0.15) is 27.0 Å². The monoisotopic (exact) mass is 495 g/mol. The van der Waals surface area contributed by atoms with Gasteiger partial charge in [-0.2, -0.15) is 26.3 Å². The van der Waals surface area contributed by atoms with Crippen molar-refractivity contribution in [3.8, 4) is 0 Å².